The fraction of sp³-hybridized carbons (Fsp3) is 0.154. The lowest BCUT2D eigenvalue weighted by Crippen LogP contribution is -2.37. The summed E-state index contributed by atoms with van der Waals surface area (Å²) in [6, 6.07) is 13.8. The minimum absolute atomic E-state index is 0.0396. The van der Waals surface area contributed by atoms with E-state index in [0.29, 0.717) is 26.6 Å². The smallest absolute Gasteiger partial charge is 0.272 e. The number of rotatable bonds is 6. The summed E-state index contributed by atoms with van der Waals surface area (Å²) in [4.78, 5) is 36.5. The Hall–Kier alpha value is -4.31. The summed E-state index contributed by atoms with van der Waals surface area (Å²) in [5, 5.41) is 11.6. The van der Waals surface area contributed by atoms with Gasteiger partial charge in [-0.2, -0.15) is 4.31 Å². The molecule has 0 spiro atoms. The van der Waals surface area contributed by atoms with E-state index in [4.69, 9.17) is 4.42 Å². The van der Waals surface area contributed by atoms with Crippen LogP contribution >= 0.6 is 0 Å². The van der Waals surface area contributed by atoms with Crippen LogP contribution in [0.15, 0.2) is 70.0 Å². The number of hydrogen-bond acceptors (Lipinski definition) is 7. The Morgan fingerprint density at radius 3 is 2.33 bits per heavy atom. The van der Waals surface area contributed by atoms with Crippen molar-refractivity contribution in [1.29, 1.82) is 0 Å². The van der Waals surface area contributed by atoms with Gasteiger partial charge in [0.15, 0.2) is 5.78 Å². The normalized spacial score (nSPS) is 11.4. The predicted molar refractivity (Wildman–Crippen MR) is 134 cm³/mol. The molecule has 1 heterocycles. The van der Waals surface area contributed by atoms with E-state index in [0.717, 1.165) is 11.6 Å². The first-order valence-corrected chi connectivity index (χ1v) is 12.3. The molecular formula is C26H22N2O7S. The molecule has 1 aromatic heterocycles. The van der Waals surface area contributed by atoms with Gasteiger partial charge in [-0.3, -0.25) is 19.7 Å². The highest BCUT2D eigenvalue weighted by molar-refractivity contribution is 7.93. The number of furan rings is 1. The molecule has 1 amide bonds. The molecule has 0 unspecified atom stereocenters. The van der Waals surface area contributed by atoms with E-state index >= 15 is 0 Å². The first kappa shape index (κ1) is 24.8. The fourth-order valence-electron chi connectivity index (χ4n) is 4.19. The third-order valence-corrected chi connectivity index (χ3v) is 7.64. The molecule has 0 saturated heterocycles. The summed E-state index contributed by atoms with van der Waals surface area (Å²) in [7, 11) is -4.48. The monoisotopic (exact) mass is 506 g/mol. The van der Waals surface area contributed by atoms with E-state index in [1.165, 1.54) is 49.4 Å². The predicted octanol–water partition coefficient (Wildman–Crippen LogP) is 5.50. The first-order chi connectivity index (χ1) is 16.9. The topological polar surface area (TPSA) is 128 Å². The highest BCUT2D eigenvalue weighted by Gasteiger charge is 2.34. The zero-order valence-electron chi connectivity index (χ0n) is 19.9. The average Bonchev–Trinajstić information content (AvgIpc) is 3.14. The number of anilines is 1. The van der Waals surface area contributed by atoms with Gasteiger partial charge in [0.05, 0.1) is 21.1 Å². The minimum atomic E-state index is -4.48. The van der Waals surface area contributed by atoms with Crippen molar-refractivity contribution in [3.8, 4) is 0 Å². The molecule has 4 aromatic rings. The zero-order chi connectivity index (χ0) is 26.4. The van der Waals surface area contributed by atoms with Crippen molar-refractivity contribution in [2.75, 3.05) is 4.31 Å². The summed E-state index contributed by atoms with van der Waals surface area (Å²) < 4.78 is 34.1. The van der Waals surface area contributed by atoms with E-state index in [1.807, 2.05) is 6.92 Å². The zero-order valence-corrected chi connectivity index (χ0v) is 20.8. The molecule has 3 aromatic carbocycles. The van der Waals surface area contributed by atoms with Gasteiger partial charge in [0.1, 0.15) is 11.3 Å². The van der Waals surface area contributed by atoms with Crippen LogP contribution < -0.4 is 4.31 Å². The molecular weight excluding hydrogens is 484 g/mol. The Morgan fingerprint density at radius 1 is 0.972 bits per heavy atom. The fourth-order valence-corrected chi connectivity index (χ4v) is 5.81. The van der Waals surface area contributed by atoms with Gasteiger partial charge in [0.2, 0.25) is 0 Å². The Labute approximate surface area is 207 Å². The number of carbonyl (C=O) groups excluding carboxylic acids is 2. The van der Waals surface area contributed by atoms with Crippen molar-refractivity contribution in [3.05, 3.63) is 98.8 Å². The number of sulfonamides is 1. The molecule has 0 fully saturated rings. The number of aryl methyl sites for hydroxylation is 3. The third-order valence-electron chi connectivity index (χ3n) is 5.77. The summed E-state index contributed by atoms with van der Waals surface area (Å²) in [5.41, 5.74) is 1.31. The van der Waals surface area contributed by atoms with Gasteiger partial charge < -0.3 is 4.42 Å². The van der Waals surface area contributed by atoms with Crippen LogP contribution in [0.25, 0.3) is 11.0 Å². The quantitative estimate of drug-likeness (QED) is 0.192. The third kappa shape index (κ3) is 4.27. The number of non-ortho nitro benzene ring substituents is 1. The Balaban J connectivity index is 1.99. The molecule has 0 N–H and O–H groups in total. The van der Waals surface area contributed by atoms with Crippen LogP contribution in [0.2, 0.25) is 0 Å². The van der Waals surface area contributed by atoms with E-state index < -0.39 is 20.9 Å². The number of Topliss-reactive ketones (excluding diaryl/α,β-unsaturated/α-hetero) is 1. The highest BCUT2D eigenvalue weighted by atomic mass is 32.2. The molecule has 10 heteroatoms. The lowest BCUT2D eigenvalue weighted by Gasteiger charge is -2.24. The molecule has 184 valence electrons. The van der Waals surface area contributed by atoms with Crippen LogP contribution in [0.5, 0.6) is 0 Å². The van der Waals surface area contributed by atoms with Crippen molar-refractivity contribution in [2.24, 2.45) is 0 Å². The van der Waals surface area contributed by atoms with Crippen LogP contribution in [0, 0.1) is 30.9 Å². The maximum atomic E-state index is 13.9. The van der Waals surface area contributed by atoms with Crippen molar-refractivity contribution in [2.45, 2.75) is 32.6 Å². The second-order valence-electron chi connectivity index (χ2n) is 8.42. The van der Waals surface area contributed by atoms with E-state index in [1.54, 1.807) is 26.0 Å². The molecule has 9 nitrogen and oxygen atoms in total. The van der Waals surface area contributed by atoms with Gasteiger partial charge >= 0.3 is 0 Å². The van der Waals surface area contributed by atoms with Crippen molar-refractivity contribution < 1.29 is 27.3 Å². The van der Waals surface area contributed by atoms with Crippen LogP contribution in [0.4, 0.5) is 11.4 Å². The Morgan fingerprint density at radius 2 is 1.69 bits per heavy atom. The number of amides is 1. The molecule has 0 bridgehead atoms. The maximum Gasteiger partial charge on any atom is 0.272 e. The van der Waals surface area contributed by atoms with Crippen LogP contribution in [-0.2, 0) is 10.0 Å². The van der Waals surface area contributed by atoms with Gasteiger partial charge in [-0.15, -0.1) is 0 Å². The molecule has 0 atom stereocenters. The van der Waals surface area contributed by atoms with Gasteiger partial charge in [0.25, 0.3) is 21.6 Å². The van der Waals surface area contributed by atoms with Crippen LogP contribution in [0.3, 0.4) is 0 Å². The number of nitrogens with zero attached hydrogens (tertiary/aromatic N) is 2. The Kier molecular flexibility index (Phi) is 6.23. The molecule has 0 aliphatic carbocycles. The molecule has 4 rings (SSSR count). The Bertz CT molecular complexity index is 1670. The molecule has 0 aliphatic heterocycles. The highest BCUT2D eigenvalue weighted by Crippen LogP contribution is 2.34. The largest absolute Gasteiger partial charge is 0.461 e. The number of nitro benzene ring substituents is 1. The minimum Gasteiger partial charge on any atom is -0.461 e. The van der Waals surface area contributed by atoms with Crippen molar-refractivity contribution in [3.63, 3.8) is 0 Å². The molecule has 0 saturated carbocycles. The lowest BCUT2D eigenvalue weighted by atomic mass is 10.1. The summed E-state index contributed by atoms with van der Waals surface area (Å²) in [6.07, 6.45) is 0. The number of ketones is 1. The van der Waals surface area contributed by atoms with Gasteiger partial charge in [-0.05, 0) is 63.6 Å². The molecule has 0 radical (unpaired) electrons. The number of hydrogen-bond donors (Lipinski definition) is 0. The van der Waals surface area contributed by atoms with Gasteiger partial charge in [-0.25, -0.2) is 8.42 Å². The van der Waals surface area contributed by atoms with Gasteiger partial charge in [-0.1, -0.05) is 23.8 Å². The SMILES string of the molecule is CC(=O)c1c(C)oc2ccc(N(C(=O)c3cccc([N+](=O)[O-])c3)S(=O)(=O)c3ccc(C)cc3C)cc12. The number of carbonyl (C=O) groups is 2. The lowest BCUT2D eigenvalue weighted by molar-refractivity contribution is -0.384. The summed E-state index contributed by atoms with van der Waals surface area (Å²) in [5.74, 6) is -0.900. The maximum absolute atomic E-state index is 13.9. The van der Waals surface area contributed by atoms with E-state index in [9.17, 15) is 28.1 Å². The summed E-state index contributed by atoms with van der Waals surface area (Å²) in [6.45, 7) is 6.41. The second kappa shape index (κ2) is 9.04. The summed E-state index contributed by atoms with van der Waals surface area (Å²) >= 11 is 0. The molecule has 0 aliphatic rings. The van der Waals surface area contributed by atoms with Crippen molar-refractivity contribution >= 4 is 44.1 Å². The first-order valence-electron chi connectivity index (χ1n) is 10.9. The standard InChI is InChI=1S/C26H22N2O7S/c1-15-8-11-24(16(2)12-15)36(33,34)27(26(30)19-6-5-7-21(13-19)28(31)32)20-9-10-23-22(14-20)25(17(3)29)18(4)35-23/h5-14H,1-4H3. The number of benzene rings is 3. The van der Waals surface area contributed by atoms with E-state index in [2.05, 4.69) is 0 Å². The average molecular weight is 507 g/mol. The number of fused-ring (bicyclic) bond motifs is 1. The van der Waals surface area contributed by atoms with Crippen molar-refractivity contribution in [1.82, 2.24) is 0 Å². The van der Waals surface area contributed by atoms with Crippen LogP contribution in [-0.4, -0.2) is 25.0 Å². The molecule has 36 heavy (non-hydrogen) atoms. The second-order valence-corrected chi connectivity index (χ2v) is 10.2. The number of nitro groups is 1. The van der Waals surface area contributed by atoms with Crippen LogP contribution in [0.1, 0.15) is 44.5 Å². The van der Waals surface area contributed by atoms with Gasteiger partial charge in [0, 0.05) is 23.1 Å². The van der Waals surface area contributed by atoms with E-state index in [-0.39, 0.29) is 33.2 Å².